The molecule has 0 aromatic carbocycles. The number of carbonyl (C=O) groups is 1. The first-order valence-electron chi connectivity index (χ1n) is 8.63. The lowest BCUT2D eigenvalue weighted by Crippen LogP contribution is -2.25. The lowest BCUT2D eigenvalue weighted by molar-refractivity contribution is -0.152. The van der Waals surface area contributed by atoms with Crippen molar-refractivity contribution in [3.63, 3.8) is 0 Å². The van der Waals surface area contributed by atoms with Crippen LogP contribution >= 0.6 is 0 Å². The summed E-state index contributed by atoms with van der Waals surface area (Å²) in [5.74, 6) is -0.875. The van der Waals surface area contributed by atoms with Crippen LogP contribution in [-0.4, -0.2) is 50.7 Å². The minimum absolute atomic E-state index is 0.317. The Labute approximate surface area is 135 Å². The van der Waals surface area contributed by atoms with E-state index in [2.05, 4.69) is 6.92 Å². The van der Waals surface area contributed by atoms with E-state index in [0.29, 0.717) is 32.8 Å². The molecule has 0 bridgehead atoms. The monoisotopic (exact) mass is 318 g/mol. The van der Waals surface area contributed by atoms with Crippen LogP contribution in [0.15, 0.2) is 0 Å². The molecule has 132 valence electrons. The molecule has 0 heterocycles. The second-order valence-electron chi connectivity index (χ2n) is 5.57. The molecule has 1 unspecified atom stereocenters. The van der Waals surface area contributed by atoms with Crippen LogP contribution in [0.25, 0.3) is 0 Å². The number of unbranched alkanes of at least 4 members (excludes halogenated alkanes) is 7. The third-order valence-corrected chi connectivity index (χ3v) is 3.57. The van der Waals surface area contributed by atoms with Gasteiger partial charge in [-0.15, -0.1) is 0 Å². The summed E-state index contributed by atoms with van der Waals surface area (Å²) < 4.78 is 15.5. The van der Waals surface area contributed by atoms with Gasteiger partial charge in [0, 0.05) is 7.11 Å². The predicted octanol–water partition coefficient (Wildman–Crippen LogP) is 3.65. The van der Waals surface area contributed by atoms with E-state index >= 15 is 0 Å². The second kappa shape index (κ2) is 16.7. The molecule has 0 aromatic heterocycles. The van der Waals surface area contributed by atoms with Gasteiger partial charge in [-0.25, -0.2) is 4.79 Å². The van der Waals surface area contributed by atoms with Gasteiger partial charge in [0.05, 0.1) is 26.4 Å². The predicted molar refractivity (Wildman–Crippen MR) is 87.3 cm³/mol. The highest BCUT2D eigenvalue weighted by atomic mass is 16.6. The van der Waals surface area contributed by atoms with Crippen molar-refractivity contribution in [2.24, 2.45) is 0 Å². The Morgan fingerprint density at radius 3 is 2.09 bits per heavy atom. The summed E-state index contributed by atoms with van der Waals surface area (Å²) >= 11 is 0. The lowest BCUT2D eigenvalue weighted by Gasteiger charge is -2.13. The van der Waals surface area contributed by atoms with Crippen LogP contribution in [0.2, 0.25) is 0 Å². The Hall–Kier alpha value is -0.650. The van der Waals surface area contributed by atoms with Gasteiger partial charge in [-0.2, -0.15) is 0 Å². The maximum absolute atomic E-state index is 11.1. The average molecular weight is 318 g/mol. The Morgan fingerprint density at radius 2 is 1.50 bits per heavy atom. The van der Waals surface area contributed by atoms with Crippen molar-refractivity contribution < 1.29 is 24.1 Å². The first kappa shape index (κ1) is 21.4. The first-order chi connectivity index (χ1) is 10.7. The molecule has 0 spiro atoms. The zero-order valence-corrected chi connectivity index (χ0v) is 14.3. The molecular formula is C17H34O5. The van der Waals surface area contributed by atoms with Crippen LogP contribution in [0.3, 0.4) is 0 Å². The molecule has 0 aliphatic carbocycles. The summed E-state index contributed by atoms with van der Waals surface area (Å²) in [5, 5.41) is 9.13. The van der Waals surface area contributed by atoms with E-state index < -0.39 is 12.1 Å². The van der Waals surface area contributed by atoms with Gasteiger partial charge in [-0.3, -0.25) is 0 Å². The minimum atomic E-state index is -0.875. The van der Waals surface area contributed by atoms with Crippen molar-refractivity contribution in [1.29, 1.82) is 0 Å². The summed E-state index contributed by atoms with van der Waals surface area (Å²) in [6.45, 7) is 3.99. The fourth-order valence-electron chi connectivity index (χ4n) is 2.24. The second-order valence-corrected chi connectivity index (χ2v) is 5.57. The van der Waals surface area contributed by atoms with E-state index in [1.165, 1.54) is 38.5 Å². The van der Waals surface area contributed by atoms with Gasteiger partial charge in [0.15, 0.2) is 6.10 Å². The molecule has 5 heteroatoms. The summed E-state index contributed by atoms with van der Waals surface area (Å²) in [7, 11) is 1.62. The van der Waals surface area contributed by atoms with Crippen LogP contribution in [-0.2, 0) is 19.0 Å². The topological polar surface area (TPSA) is 65.0 Å². The molecule has 0 saturated heterocycles. The Balaban J connectivity index is 3.50. The molecule has 1 N–H and O–H groups in total. The molecule has 0 amide bonds. The van der Waals surface area contributed by atoms with Gasteiger partial charge in [0.1, 0.15) is 0 Å². The van der Waals surface area contributed by atoms with Crippen LogP contribution in [0, 0.1) is 0 Å². The molecule has 0 radical (unpaired) electrons. The normalized spacial score (nSPS) is 12.5. The Morgan fingerprint density at radius 1 is 0.909 bits per heavy atom. The molecule has 0 aliphatic rings. The molecule has 1 atom stereocenters. The van der Waals surface area contributed by atoms with E-state index in [9.17, 15) is 4.79 Å². The van der Waals surface area contributed by atoms with Gasteiger partial charge in [0.2, 0.25) is 0 Å². The van der Waals surface area contributed by atoms with Crippen molar-refractivity contribution in [3.8, 4) is 0 Å². The van der Waals surface area contributed by atoms with E-state index in [1.54, 1.807) is 7.11 Å². The fraction of sp³-hybridized carbons (Fsp3) is 0.941. The van der Waals surface area contributed by atoms with E-state index in [-0.39, 0.29) is 0 Å². The molecule has 0 fully saturated rings. The average Bonchev–Trinajstić information content (AvgIpc) is 2.50. The molecular weight excluding hydrogens is 284 g/mol. The van der Waals surface area contributed by atoms with Crippen molar-refractivity contribution >= 4 is 5.97 Å². The van der Waals surface area contributed by atoms with Crippen molar-refractivity contribution in [2.45, 2.75) is 70.8 Å². The first-order valence-corrected chi connectivity index (χ1v) is 8.63. The van der Waals surface area contributed by atoms with Gasteiger partial charge < -0.3 is 19.3 Å². The number of ether oxygens (including phenoxy) is 3. The van der Waals surface area contributed by atoms with Crippen LogP contribution in [0.5, 0.6) is 0 Å². The van der Waals surface area contributed by atoms with Crippen LogP contribution in [0.1, 0.15) is 64.7 Å². The summed E-state index contributed by atoms with van der Waals surface area (Å²) in [6, 6.07) is 0. The molecule has 0 aromatic rings. The minimum Gasteiger partial charge on any atom is -0.479 e. The lowest BCUT2D eigenvalue weighted by atomic mass is 10.1. The zero-order chi connectivity index (χ0) is 16.5. The summed E-state index contributed by atoms with van der Waals surface area (Å²) in [6.07, 6.45) is 9.54. The standard InChI is InChI=1S/C17H34O5/c1-3-4-5-6-7-8-9-10-11-16(17(18)19)22-15-14-21-13-12-20-2/h16H,3-15H2,1-2H3,(H,18,19). The number of carboxylic acids is 1. The number of hydrogen-bond donors (Lipinski definition) is 1. The Bertz CT molecular complexity index is 245. The van der Waals surface area contributed by atoms with Gasteiger partial charge in [-0.1, -0.05) is 58.3 Å². The van der Waals surface area contributed by atoms with Gasteiger partial charge in [0.25, 0.3) is 0 Å². The molecule has 0 aliphatic heterocycles. The number of carboxylic acid groups (broad SMARTS) is 1. The SMILES string of the molecule is CCCCCCCCCCC(OCCOCCOC)C(=O)O. The van der Waals surface area contributed by atoms with E-state index in [0.717, 1.165) is 12.8 Å². The molecule has 0 rings (SSSR count). The highest BCUT2D eigenvalue weighted by molar-refractivity contribution is 5.72. The van der Waals surface area contributed by atoms with Gasteiger partial charge >= 0.3 is 5.97 Å². The smallest absolute Gasteiger partial charge is 0.332 e. The molecule has 5 nitrogen and oxygen atoms in total. The number of aliphatic carboxylic acids is 1. The third kappa shape index (κ3) is 14.3. The summed E-state index contributed by atoms with van der Waals surface area (Å²) in [5.41, 5.74) is 0. The van der Waals surface area contributed by atoms with Crippen molar-refractivity contribution in [3.05, 3.63) is 0 Å². The van der Waals surface area contributed by atoms with Crippen molar-refractivity contribution in [1.82, 2.24) is 0 Å². The number of hydrogen-bond acceptors (Lipinski definition) is 4. The summed E-state index contributed by atoms with van der Waals surface area (Å²) in [4.78, 5) is 11.1. The quantitative estimate of drug-likeness (QED) is 0.415. The molecule has 0 saturated carbocycles. The molecule has 22 heavy (non-hydrogen) atoms. The van der Waals surface area contributed by atoms with E-state index in [4.69, 9.17) is 19.3 Å². The number of methoxy groups -OCH3 is 1. The zero-order valence-electron chi connectivity index (χ0n) is 14.3. The largest absolute Gasteiger partial charge is 0.479 e. The number of rotatable bonds is 17. The third-order valence-electron chi connectivity index (χ3n) is 3.57. The van der Waals surface area contributed by atoms with Crippen LogP contribution in [0.4, 0.5) is 0 Å². The van der Waals surface area contributed by atoms with Gasteiger partial charge in [-0.05, 0) is 6.42 Å². The maximum Gasteiger partial charge on any atom is 0.332 e. The highest BCUT2D eigenvalue weighted by Crippen LogP contribution is 2.12. The fourth-order valence-corrected chi connectivity index (χ4v) is 2.24. The highest BCUT2D eigenvalue weighted by Gasteiger charge is 2.17. The van der Waals surface area contributed by atoms with E-state index in [1.807, 2.05) is 0 Å². The Kier molecular flexibility index (Phi) is 16.2. The maximum atomic E-state index is 11.1. The van der Waals surface area contributed by atoms with Crippen molar-refractivity contribution in [2.75, 3.05) is 33.5 Å². The van der Waals surface area contributed by atoms with Crippen LogP contribution < -0.4 is 0 Å².